The van der Waals surface area contributed by atoms with E-state index in [-0.39, 0.29) is 35.1 Å². The molecule has 1 saturated heterocycles. The molecule has 0 aromatic carbocycles. The van der Waals surface area contributed by atoms with Crippen LogP contribution in [0.2, 0.25) is 0 Å². The van der Waals surface area contributed by atoms with Crippen molar-refractivity contribution in [3.05, 3.63) is 46.3 Å². The van der Waals surface area contributed by atoms with Gasteiger partial charge in [0, 0.05) is 31.3 Å². The molecule has 0 saturated carbocycles. The van der Waals surface area contributed by atoms with Crippen LogP contribution >= 0.6 is 0 Å². The number of alkyl halides is 3. The second kappa shape index (κ2) is 8.18. The number of nitrogens with one attached hydrogen (secondary N) is 1. The van der Waals surface area contributed by atoms with E-state index in [9.17, 15) is 22.8 Å². The number of aromatic nitrogens is 4. The first-order valence-electron chi connectivity index (χ1n) is 9.20. The quantitative estimate of drug-likeness (QED) is 0.832. The van der Waals surface area contributed by atoms with Gasteiger partial charge in [0.2, 0.25) is 0 Å². The highest BCUT2D eigenvalue weighted by molar-refractivity contribution is 5.92. The van der Waals surface area contributed by atoms with Crippen LogP contribution in [0.3, 0.4) is 0 Å². The molecule has 0 radical (unpaired) electrons. The Morgan fingerprint density at radius 2 is 1.90 bits per heavy atom. The van der Waals surface area contributed by atoms with E-state index >= 15 is 0 Å². The first-order valence-corrected chi connectivity index (χ1v) is 9.20. The van der Waals surface area contributed by atoms with E-state index in [0.29, 0.717) is 25.9 Å². The minimum Gasteiger partial charge on any atom is -0.367 e. The maximum absolute atomic E-state index is 12.8. The van der Waals surface area contributed by atoms with Gasteiger partial charge in [-0.25, -0.2) is 14.6 Å². The minimum atomic E-state index is -4.53. The maximum Gasteiger partial charge on any atom is 0.433 e. The van der Waals surface area contributed by atoms with Crippen molar-refractivity contribution in [1.29, 1.82) is 0 Å². The third kappa shape index (κ3) is 4.90. The van der Waals surface area contributed by atoms with E-state index in [0.717, 1.165) is 12.4 Å². The number of nitrogens with zero attached hydrogens (tertiary/aromatic N) is 5. The molecular weight excluding hydrogens is 389 g/mol. The first kappa shape index (κ1) is 20.7. The number of likely N-dealkylation sites (tertiary alicyclic amines) is 1. The molecule has 0 aliphatic carbocycles. The molecule has 2 aromatic rings. The van der Waals surface area contributed by atoms with E-state index in [4.69, 9.17) is 0 Å². The summed E-state index contributed by atoms with van der Waals surface area (Å²) in [6.07, 6.45) is -2.57. The Kier molecular flexibility index (Phi) is 5.85. The molecule has 156 valence electrons. The summed E-state index contributed by atoms with van der Waals surface area (Å²) in [5, 5.41) is 7.11. The van der Waals surface area contributed by atoms with Crippen molar-refractivity contribution >= 4 is 11.7 Å². The summed E-state index contributed by atoms with van der Waals surface area (Å²) < 4.78 is 39.5. The highest BCUT2D eigenvalue weighted by atomic mass is 19.4. The largest absolute Gasteiger partial charge is 0.433 e. The van der Waals surface area contributed by atoms with E-state index in [1.807, 2.05) is 0 Å². The SMILES string of the molecule is CC(C)n1nc(C(=O)N2CCC(Nc3cc(C(F)(F)F)ncn3)CC2)ccc1=O. The molecule has 1 N–H and O–H groups in total. The van der Waals surface area contributed by atoms with Crippen molar-refractivity contribution in [2.24, 2.45) is 0 Å². The first-order chi connectivity index (χ1) is 13.6. The predicted molar refractivity (Wildman–Crippen MR) is 98.5 cm³/mol. The molecule has 0 atom stereocenters. The normalized spacial score (nSPS) is 15.6. The van der Waals surface area contributed by atoms with Gasteiger partial charge in [-0.3, -0.25) is 9.59 Å². The van der Waals surface area contributed by atoms with Gasteiger partial charge in [0.05, 0.1) is 6.04 Å². The molecule has 0 bridgehead atoms. The second-order valence-electron chi connectivity index (χ2n) is 7.09. The number of hydrogen-bond acceptors (Lipinski definition) is 6. The van der Waals surface area contributed by atoms with Crippen LogP contribution < -0.4 is 10.9 Å². The number of anilines is 1. The van der Waals surface area contributed by atoms with Crippen molar-refractivity contribution in [1.82, 2.24) is 24.6 Å². The number of carbonyl (C=O) groups excluding carboxylic acids is 1. The fourth-order valence-corrected chi connectivity index (χ4v) is 3.10. The van der Waals surface area contributed by atoms with Crippen molar-refractivity contribution in [2.45, 2.75) is 44.9 Å². The lowest BCUT2D eigenvalue weighted by molar-refractivity contribution is -0.141. The molecule has 8 nitrogen and oxygen atoms in total. The monoisotopic (exact) mass is 410 g/mol. The molecule has 1 aliphatic rings. The minimum absolute atomic E-state index is 0.0998. The van der Waals surface area contributed by atoms with Crippen LogP contribution in [0.5, 0.6) is 0 Å². The van der Waals surface area contributed by atoms with E-state index in [1.165, 1.54) is 16.8 Å². The summed E-state index contributed by atoms with van der Waals surface area (Å²) in [6.45, 7) is 4.43. The standard InChI is InChI=1S/C18H21F3N6O2/c1-11(2)27-16(28)4-3-13(25-27)17(29)26-7-5-12(6-8-26)24-15-9-14(18(19,20)21)22-10-23-15/h3-4,9-12H,5-8H2,1-2H3,(H,22,23,24). The Labute approximate surface area is 164 Å². The summed E-state index contributed by atoms with van der Waals surface area (Å²) in [5.41, 5.74) is -1.09. The third-order valence-electron chi connectivity index (χ3n) is 4.62. The summed E-state index contributed by atoms with van der Waals surface area (Å²) in [4.78, 5) is 33.2. The van der Waals surface area contributed by atoms with Crippen LogP contribution in [0.4, 0.5) is 19.0 Å². The van der Waals surface area contributed by atoms with Gasteiger partial charge in [-0.1, -0.05) is 0 Å². The van der Waals surface area contributed by atoms with Crippen molar-refractivity contribution < 1.29 is 18.0 Å². The Morgan fingerprint density at radius 3 is 2.52 bits per heavy atom. The topological polar surface area (TPSA) is 93.0 Å². The zero-order valence-corrected chi connectivity index (χ0v) is 16.0. The molecule has 29 heavy (non-hydrogen) atoms. The Hall–Kier alpha value is -2.98. The average Bonchev–Trinajstić information content (AvgIpc) is 2.68. The lowest BCUT2D eigenvalue weighted by Gasteiger charge is -2.32. The lowest BCUT2D eigenvalue weighted by atomic mass is 10.0. The molecule has 1 amide bonds. The number of halogens is 3. The fraction of sp³-hybridized carbons (Fsp3) is 0.500. The molecule has 0 spiro atoms. The zero-order chi connectivity index (χ0) is 21.2. The van der Waals surface area contributed by atoms with Crippen LogP contribution in [0, 0.1) is 0 Å². The molecule has 1 fully saturated rings. The molecule has 11 heteroatoms. The third-order valence-corrected chi connectivity index (χ3v) is 4.62. The molecular formula is C18H21F3N6O2. The van der Waals surface area contributed by atoms with Gasteiger partial charge in [-0.05, 0) is 32.8 Å². The van der Waals surface area contributed by atoms with Crippen LogP contribution in [0.25, 0.3) is 0 Å². The number of hydrogen-bond donors (Lipinski definition) is 1. The van der Waals surface area contributed by atoms with Gasteiger partial charge in [-0.2, -0.15) is 18.3 Å². The van der Waals surface area contributed by atoms with Gasteiger partial charge < -0.3 is 10.2 Å². The Bertz CT molecular complexity index is 936. The van der Waals surface area contributed by atoms with Crippen molar-refractivity contribution in [2.75, 3.05) is 18.4 Å². The second-order valence-corrected chi connectivity index (χ2v) is 7.09. The number of amides is 1. The number of carbonyl (C=O) groups is 1. The summed E-state index contributed by atoms with van der Waals surface area (Å²) in [7, 11) is 0. The summed E-state index contributed by atoms with van der Waals surface area (Å²) in [5.74, 6) is -0.179. The van der Waals surface area contributed by atoms with Gasteiger partial charge in [0.15, 0.2) is 0 Å². The van der Waals surface area contributed by atoms with Gasteiger partial charge in [-0.15, -0.1) is 0 Å². The summed E-state index contributed by atoms with van der Waals surface area (Å²) in [6, 6.07) is 3.32. The smallest absolute Gasteiger partial charge is 0.367 e. The molecule has 3 rings (SSSR count). The zero-order valence-electron chi connectivity index (χ0n) is 16.0. The fourth-order valence-electron chi connectivity index (χ4n) is 3.10. The molecule has 2 aromatic heterocycles. The van der Waals surface area contributed by atoms with E-state index in [1.54, 1.807) is 18.7 Å². The average molecular weight is 410 g/mol. The molecule has 3 heterocycles. The Morgan fingerprint density at radius 1 is 1.21 bits per heavy atom. The predicted octanol–water partition coefficient (Wildman–Crippen LogP) is 2.35. The number of rotatable bonds is 4. The van der Waals surface area contributed by atoms with Crippen molar-refractivity contribution in [3.63, 3.8) is 0 Å². The van der Waals surface area contributed by atoms with Gasteiger partial charge in [0.1, 0.15) is 23.5 Å². The van der Waals surface area contributed by atoms with Crippen LogP contribution in [0.1, 0.15) is 48.9 Å². The highest BCUT2D eigenvalue weighted by Gasteiger charge is 2.33. The van der Waals surface area contributed by atoms with Crippen LogP contribution in [0.15, 0.2) is 29.3 Å². The van der Waals surface area contributed by atoms with Crippen LogP contribution in [-0.2, 0) is 6.18 Å². The number of piperidine rings is 1. The van der Waals surface area contributed by atoms with E-state index < -0.39 is 11.9 Å². The van der Waals surface area contributed by atoms with Gasteiger partial charge >= 0.3 is 6.18 Å². The molecule has 0 unspecified atom stereocenters. The van der Waals surface area contributed by atoms with Crippen LogP contribution in [-0.4, -0.2) is 49.7 Å². The highest BCUT2D eigenvalue weighted by Crippen LogP contribution is 2.28. The van der Waals surface area contributed by atoms with Gasteiger partial charge in [0.25, 0.3) is 11.5 Å². The van der Waals surface area contributed by atoms with E-state index in [2.05, 4.69) is 20.4 Å². The lowest BCUT2D eigenvalue weighted by Crippen LogP contribution is -2.43. The van der Waals surface area contributed by atoms with Crippen molar-refractivity contribution in [3.8, 4) is 0 Å². The Balaban J connectivity index is 1.62. The summed E-state index contributed by atoms with van der Waals surface area (Å²) >= 11 is 0. The molecule has 1 aliphatic heterocycles. The maximum atomic E-state index is 12.8.